The molecule has 0 spiro atoms. The predicted octanol–water partition coefficient (Wildman–Crippen LogP) is 1.81. The second-order valence-electron chi connectivity index (χ2n) is 3.35. The number of amides is 1. The van der Waals surface area contributed by atoms with Gasteiger partial charge in [-0.25, -0.2) is 8.78 Å². The first-order chi connectivity index (χ1) is 8.61. The van der Waals surface area contributed by atoms with E-state index in [1.807, 2.05) is 0 Å². The fourth-order valence-electron chi connectivity index (χ4n) is 1.32. The highest BCUT2D eigenvalue weighted by atomic mass is 19.1. The van der Waals surface area contributed by atoms with Gasteiger partial charge in [-0.3, -0.25) is 9.89 Å². The summed E-state index contributed by atoms with van der Waals surface area (Å²) in [4.78, 5) is 11.7. The summed E-state index contributed by atoms with van der Waals surface area (Å²) in [5.74, 6) is -2.42. The molecule has 0 fully saturated rings. The summed E-state index contributed by atoms with van der Waals surface area (Å²) in [6.45, 7) is 0. The Morgan fingerprint density at radius 2 is 2.22 bits per heavy atom. The van der Waals surface area contributed by atoms with Gasteiger partial charge in [0.2, 0.25) is 0 Å². The summed E-state index contributed by atoms with van der Waals surface area (Å²) in [7, 11) is 0. The normalized spacial score (nSPS) is 9.83. The van der Waals surface area contributed by atoms with Crippen LogP contribution in [0.5, 0.6) is 0 Å². The maximum Gasteiger partial charge on any atom is 0.259 e. The number of benzene rings is 1. The lowest BCUT2D eigenvalue weighted by Gasteiger charge is -2.04. The van der Waals surface area contributed by atoms with Crippen molar-refractivity contribution < 1.29 is 13.6 Å². The van der Waals surface area contributed by atoms with E-state index >= 15 is 0 Å². The van der Waals surface area contributed by atoms with Crippen molar-refractivity contribution in [2.75, 3.05) is 5.32 Å². The van der Waals surface area contributed by atoms with E-state index in [1.165, 1.54) is 6.20 Å². The molecule has 0 aliphatic carbocycles. The zero-order valence-electron chi connectivity index (χ0n) is 8.87. The van der Waals surface area contributed by atoms with Crippen LogP contribution in [0.4, 0.5) is 14.6 Å². The monoisotopic (exact) mass is 248 g/mol. The van der Waals surface area contributed by atoms with Crippen LogP contribution >= 0.6 is 0 Å². The first-order valence-electron chi connectivity index (χ1n) is 4.81. The molecule has 1 amide bonds. The van der Waals surface area contributed by atoms with E-state index < -0.39 is 23.1 Å². The molecular weight excluding hydrogens is 242 g/mol. The molecule has 0 saturated heterocycles. The highest BCUT2D eigenvalue weighted by Crippen LogP contribution is 2.14. The van der Waals surface area contributed by atoms with Crippen molar-refractivity contribution in [1.82, 2.24) is 10.2 Å². The molecule has 0 aliphatic heterocycles. The Bertz CT molecular complexity index is 645. The molecule has 18 heavy (non-hydrogen) atoms. The summed E-state index contributed by atoms with van der Waals surface area (Å²) in [5.41, 5.74) is -0.353. The summed E-state index contributed by atoms with van der Waals surface area (Å²) in [5, 5.41) is 16.9. The third kappa shape index (κ3) is 2.17. The van der Waals surface area contributed by atoms with E-state index in [0.29, 0.717) is 0 Å². The number of nitriles is 1. The van der Waals surface area contributed by atoms with Crippen LogP contribution in [0.2, 0.25) is 0 Å². The summed E-state index contributed by atoms with van der Waals surface area (Å²) in [6.07, 6.45) is 1.21. The SMILES string of the molecule is N#Cc1cn[nH]c1NC(=O)c1cc(F)ccc1F. The van der Waals surface area contributed by atoms with E-state index in [-0.39, 0.29) is 11.4 Å². The van der Waals surface area contributed by atoms with Crippen LogP contribution in [0, 0.1) is 23.0 Å². The smallest absolute Gasteiger partial charge is 0.259 e. The number of hydrogen-bond acceptors (Lipinski definition) is 3. The second kappa shape index (κ2) is 4.63. The summed E-state index contributed by atoms with van der Waals surface area (Å²) < 4.78 is 26.2. The zero-order chi connectivity index (χ0) is 13.1. The Hall–Kier alpha value is -2.75. The van der Waals surface area contributed by atoms with Crippen molar-refractivity contribution in [1.29, 1.82) is 5.26 Å². The molecule has 1 aromatic heterocycles. The van der Waals surface area contributed by atoms with Gasteiger partial charge in [-0.15, -0.1) is 0 Å². The minimum atomic E-state index is -0.868. The molecule has 1 heterocycles. The molecule has 0 atom stereocenters. The quantitative estimate of drug-likeness (QED) is 0.850. The van der Waals surface area contributed by atoms with E-state index in [0.717, 1.165) is 18.2 Å². The number of aromatic nitrogens is 2. The van der Waals surface area contributed by atoms with Crippen molar-refractivity contribution in [2.24, 2.45) is 0 Å². The number of carbonyl (C=O) groups is 1. The van der Waals surface area contributed by atoms with Gasteiger partial charge in [-0.1, -0.05) is 0 Å². The Labute approximate surface area is 100 Å². The molecule has 0 bridgehead atoms. The molecule has 0 saturated carbocycles. The van der Waals surface area contributed by atoms with Gasteiger partial charge in [0, 0.05) is 0 Å². The van der Waals surface area contributed by atoms with Crippen LogP contribution in [0.3, 0.4) is 0 Å². The molecule has 7 heteroatoms. The van der Waals surface area contributed by atoms with Crippen molar-refractivity contribution >= 4 is 11.7 Å². The van der Waals surface area contributed by atoms with Gasteiger partial charge in [0.05, 0.1) is 11.8 Å². The maximum atomic E-state index is 13.3. The maximum absolute atomic E-state index is 13.3. The number of anilines is 1. The van der Waals surface area contributed by atoms with Gasteiger partial charge in [-0.05, 0) is 18.2 Å². The van der Waals surface area contributed by atoms with E-state index in [9.17, 15) is 13.6 Å². The van der Waals surface area contributed by atoms with Crippen LogP contribution in [0.15, 0.2) is 24.4 Å². The molecule has 5 nitrogen and oxygen atoms in total. The van der Waals surface area contributed by atoms with Crippen LogP contribution in [0.25, 0.3) is 0 Å². The Morgan fingerprint density at radius 3 is 2.94 bits per heavy atom. The number of nitrogens with one attached hydrogen (secondary N) is 2. The second-order valence-corrected chi connectivity index (χ2v) is 3.35. The Morgan fingerprint density at radius 1 is 1.44 bits per heavy atom. The number of nitrogens with zero attached hydrogens (tertiary/aromatic N) is 2. The average molecular weight is 248 g/mol. The topological polar surface area (TPSA) is 81.6 Å². The van der Waals surface area contributed by atoms with Gasteiger partial charge in [0.15, 0.2) is 0 Å². The first-order valence-corrected chi connectivity index (χ1v) is 4.81. The average Bonchev–Trinajstić information content (AvgIpc) is 2.79. The van der Waals surface area contributed by atoms with Crippen LogP contribution in [-0.2, 0) is 0 Å². The lowest BCUT2D eigenvalue weighted by molar-refractivity contribution is 0.102. The molecule has 0 unspecified atom stereocenters. The molecular formula is C11H6F2N4O. The number of H-pyrrole nitrogens is 1. The fourth-order valence-corrected chi connectivity index (χ4v) is 1.32. The van der Waals surface area contributed by atoms with E-state index in [4.69, 9.17) is 5.26 Å². The summed E-state index contributed by atoms with van der Waals surface area (Å²) >= 11 is 0. The number of rotatable bonds is 2. The molecule has 2 N–H and O–H groups in total. The number of carbonyl (C=O) groups excluding carboxylic acids is 1. The highest BCUT2D eigenvalue weighted by Gasteiger charge is 2.15. The van der Waals surface area contributed by atoms with Crippen molar-refractivity contribution in [2.45, 2.75) is 0 Å². The third-order valence-electron chi connectivity index (χ3n) is 2.17. The fraction of sp³-hybridized carbons (Fsp3) is 0. The van der Waals surface area contributed by atoms with Crippen LogP contribution in [-0.4, -0.2) is 16.1 Å². The van der Waals surface area contributed by atoms with Gasteiger partial charge in [-0.2, -0.15) is 10.4 Å². The van der Waals surface area contributed by atoms with Crippen molar-refractivity contribution in [3.8, 4) is 6.07 Å². The Balaban J connectivity index is 2.28. The highest BCUT2D eigenvalue weighted by molar-refractivity contribution is 6.04. The number of halogens is 2. The molecule has 90 valence electrons. The van der Waals surface area contributed by atoms with Crippen LogP contribution < -0.4 is 5.32 Å². The molecule has 2 aromatic rings. The predicted molar refractivity (Wildman–Crippen MR) is 57.6 cm³/mol. The van der Waals surface area contributed by atoms with Gasteiger partial charge >= 0.3 is 0 Å². The van der Waals surface area contributed by atoms with Crippen molar-refractivity contribution in [3.63, 3.8) is 0 Å². The zero-order valence-corrected chi connectivity index (χ0v) is 8.87. The van der Waals surface area contributed by atoms with Gasteiger partial charge in [0.25, 0.3) is 5.91 Å². The third-order valence-corrected chi connectivity index (χ3v) is 2.17. The molecule has 1 aromatic carbocycles. The number of hydrogen-bond donors (Lipinski definition) is 2. The van der Waals surface area contributed by atoms with E-state index in [1.54, 1.807) is 6.07 Å². The van der Waals surface area contributed by atoms with Gasteiger partial charge < -0.3 is 5.32 Å². The molecule has 0 aliphatic rings. The van der Waals surface area contributed by atoms with Crippen molar-refractivity contribution in [3.05, 3.63) is 47.2 Å². The summed E-state index contributed by atoms with van der Waals surface area (Å²) in [6, 6.07) is 4.31. The van der Waals surface area contributed by atoms with Crippen LogP contribution in [0.1, 0.15) is 15.9 Å². The minimum Gasteiger partial charge on any atom is -0.306 e. The molecule has 2 rings (SSSR count). The molecule has 0 radical (unpaired) electrons. The standard InChI is InChI=1S/C11H6F2N4O/c12-7-1-2-9(13)8(3-7)11(18)16-10-6(4-14)5-15-17-10/h1-3,5H,(H2,15,16,17,18). The minimum absolute atomic E-state index is 0.0335. The Kier molecular flexibility index (Phi) is 3.02. The number of aromatic amines is 1. The van der Waals surface area contributed by atoms with E-state index in [2.05, 4.69) is 15.5 Å². The first kappa shape index (κ1) is 11.7. The lowest BCUT2D eigenvalue weighted by atomic mass is 10.2. The lowest BCUT2D eigenvalue weighted by Crippen LogP contribution is -2.15. The van der Waals surface area contributed by atoms with Gasteiger partial charge in [0.1, 0.15) is 29.1 Å². The largest absolute Gasteiger partial charge is 0.306 e.